The van der Waals surface area contributed by atoms with E-state index in [-0.39, 0.29) is 11.1 Å². The molecule has 0 radical (unpaired) electrons. The molecule has 0 unspecified atom stereocenters. The average molecular weight is 240 g/mol. The topological polar surface area (TPSA) is 55.2 Å². The summed E-state index contributed by atoms with van der Waals surface area (Å²) in [6.45, 7) is 6.89. The first-order valence-corrected chi connectivity index (χ1v) is 5.47. The summed E-state index contributed by atoms with van der Waals surface area (Å²) in [7, 11) is 0. The number of nitro benzene ring substituents is 1. The predicted molar refractivity (Wildman–Crippen MR) is 65.6 cm³/mol. The zero-order valence-corrected chi connectivity index (χ0v) is 10.3. The molecule has 0 aliphatic rings. The van der Waals surface area contributed by atoms with Gasteiger partial charge in [0.15, 0.2) is 0 Å². The molecular weight excluding hydrogens is 223 g/mol. The van der Waals surface area contributed by atoms with Crippen molar-refractivity contribution in [3.05, 3.63) is 34.1 Å². The number of hydrogen-bond donors (Lipinski definition) is 1. The van der Waals surface area contributed by atoms with E-state index in [2.05, 4.69) is 26.1 Å². The van der Waals surface area contributed by atoms with Crippen LogP contribution in [-0.2, 0) is 0 Å². The molecule has 1 aromatic rings. The van der Waals surface area contributed by atoms with Gasteiger partial charge < -0.3 is 5.32 Å². The quantitative estimate of drug-likeness (QED) is 0.646. The molecule has 94 valence electrons. The maximum atomic E-state index is 12.9. The lowest BCUT2D eigenvalue weighted by Gasteiger charge is -2.18. The van der Waals surface area contributed by atoms with Crippen molar-refractivity contribution >= 4 is 11.4 Å². The van der Waals surface area contributed by atoms with E-state index < -0.39 is 10.7 Å². The number of rotatable bonds is 4. The van der Waals surface area contributed by atoms with Crippen LogP contribution < -0.4 is 5.32 Å². The van der Waals surface area contributed by atoms with Gasteiger partial charge in [0, 0.05) is 6.54 Å². The summed E-state index contributed by atoms with van der Waals surface area (Å²) >= 11 is 0. The largest absolute Gasteiger partial charge is 0.379 e. The van der Waals surface area contributed by atoms with Crippen molar-refractivity contribution in [2.75, 3.05) is 11.9 Å². The third kappa shape index (κ3) is 4.38. The molecule has 0 aliphatic heterocycles. The number of halogens is 1. The molecule has 1 aromatic carbocycles. The number of nitrogens with one attached hydrogen (secondary N) is 1. The van der Waals surface area contributed by atoms with Crippen LogP contribution in [0.3, 0.4) is 0 Å². The van der Waals surface area contributed by atoms with Gasteiger partial charge in [-0.1, -0.05) is 20.8 Å². The molecule has 0 fully saturated rings. The summed E-state index contributed by atoms with van der Waals surface area (Å²) in [5.74, 6) is -0.599. The third-order valence-corrected chi connectivity index (χ3v) is 2.35. The fraction of sp³-hybridized carbons (Fsp3) is 0.500. The molecule has 0 amide bonds. The highest BCUT2D eigenvalue weighted by molar-refractivity contribution is 5.61. The lowest BCUT2D eigenvalue weighted by Crippen LogP contribution is -2.13. The van der Waals surface area contributed by atoms with Crippen LogP contribution in [-0.4, -0.2) is 11.5 Å². The Morgan fingerprint density at radius 2 is 2.06 bits per heavy atom. The molecule has 0 atom stereocenters. The molecular formula is C12H17FN2O2. The summed E-state index contributed by atoms with van der Waals surface area (Å²) < 4.78 is 12.9. The van der Waals surface area contributed by atoms with E-state index in [0.717, 1.165) is 12.5 Å². The van der Waals surface area contributed by atoms with Crippen molar-refractivity contribution in [1.82, 2.24) is 0 Å². The van der Waals surface area contributed by atoms with Crippen LogP contribution in [0.25, 0.3) is 0 Å². The van der Waals surface area contributed by atoms with Crippen LogP contribution >= 0.6 is 0 Å². The van der Waals surface area contributed by atoms with E-state index in [0.29, 0.717) is 12.2 Å². The Kier molecular flexibility index (Phi) is 4.04. The summed E-state index contributed by atoms with van der Waals surface area (Å²) in [5.41, 5.74) is 0.293. The second kappa shape index (κ2) is 5.12. The Hall–Kier alpha value is -1.65. The van der Waals surface area contributed by atoms with Crippen LogP contribution in [0.15, 0.2) is 18.2 Å². The fourth-order valence-electron chi connectivity index (χ4n) is 1.38. The third-order valence-electron chi connectivity index (χ3n) is 2.35. The first kappa shape index (κ1) is 13.4. The number of anilines is 1. The molecule has 4 nitrogen and oxygen atoms in total. The van der Waals surface area contributed by atoms with Gasteiger partial charge in [0.05, 0.1) is 11.0 Å². The molecule has 1 rings (SSSR count). The lowest BCUT2D eigenvalue weighted by atomic mass is 9.92. The summed E-state index contributed by atoms with van der Waals surface area (Å²) in [4.78, 5) is 10.2. The van der Waals surface area contributed by atoms with Gasteiger partial charge >= 0.3 is 0 Å². The number of nitrogens with zero attached hydrogens (tertiary/aromatic N) is 1. The van der Waals surface area contributed by atoms with Gasteiger partial charge in [-0.15, -0.1) is 0 Å². The van der Waals surface area contributed by atoms with Crippen LogP contribution in [0.2, 0.25) is 0 Å². The standard InChI is InChI=1S/C12H17FN2O2/c1-12(2,3)6-7-14-10-5-4-9(13)8-11(10)15(16)17/h4-5,8,14H,6-7H2,1-3H3. The average Bonchev–Trinajstić information content (AvgIpc) is 2.18. The van der Waals surface area contributed by atoms with E-state index >= 15 is 0 Å². The van der Waals surface area contributed by atoms with Gasteiger partial charge in [0.2, 0.25) is 0 Å². The monoisotopic (exact) mass is 240 g/mol. The lowest BCUT2D eigenvalue weighted by molar-refractivity contribution is -0.384. The molecule has 5 heteroatoms. The second-order valence-corrected chi connectivity index (χ2v) is 5.16. The van der Waals surface area contributed by atoms with Crippen molar-refractivity contribution in [3.63, 3.8) is 0 Å². The first-order chi connectivity index (χ1) is 7.79. The summed E-state index contributed by atoms with van der Waals surface area (Å²) in [6.07, 6.45) is 0.877. The van der Waals surface area contributed by atoms with Gasteiger partial charge in [-0.25, -0.2) is 4.39 Å². The number of benzene rings is 1. The Balaban J connectivity index is 2.74. The van der Waals surface area contributed by atoms with Gasteiger partial charge in [0.1, 0.15) is 11.5 Å². The highest BCUT2D eigenvalue weighted by Gasteiger charge is 2.15. The maximum absolute atomic E-state index is 12.9. The Bertz CT molecular complexity index is 413. The molecule has 0 bridgehead atoms. The van der Waals surface area contributed by atoms with Crippen molar-refractivity contribution in [2.24, 2.45) is 5.41 Å². The van der Waals surface area contributed by atoms with Crippen LogP contribution in [0.1, 0.15) is 27.2 Å². The Morgan fingerprint density at radius 1 is 1.41 bits per heavy atom. The van der Waals surface area contributed by atoms with E-state index in [4.69, 9.17) is 0 Å². The maximum Gasteiger partial charge on any atom is 0.295 e. The minimum absolute atomic E-state index is 0.155. The van der Waals surface area contributed by atoms with Gasteiger partial charge in [-0.05, 0) is 24.0 Å². The van der Waals surface area contributed by atoms with E-state index in [1.165, 1.54) is 12.1 Å². The molecule has 0 aromatic heterocycles. The first-order valence-electron chi connectivity index (χ1n) is 5.47. The van der Waals surface area contributed by atoms with Gasteiger partial charge in [0.25, 0.3) is 5.69 Å². The molecule has 1 N–H and O–H groups in total. The van der Waals surface area contributed by atoms with Crippen LogP contribution in [0, 0.1) is 21.3 Å². The molecule has 0 saturated heterocycles. The van der Waals surface area contributed by atoms with E-state index in [1.54, 1.807) is 0 Å². The molecule has 0 spiro atoms. The number of hydrogen-bond acceptors (Lipinski definition) is 3. The minimum atomic E-state index is -0.599. The second-order valence-electron chi connectivity index (χ2n) is 5.16. The Morgan fingerprint density at radius 3 is 2.59 bits per heavy atom. The fourth-order valence-corrected chi connectivity index (χ4v) is 1.38. The van der Waals surface area contributed by atoms with Crippen LogP contribution in [0.4, 0.5) is 15.8 Å². The zero-order chi connectivity index (χ0) is 13.1. The normalized spacial score (nSPS) is 11.3. The minimum Gasteiger partial charge on any atom is -0.379 e. The van der Waals surface area contributed by atoms with Crippen molar-refractivity contribution in [2.45, 2.75) is 27.2 Å². The predicted octanol–water partition coefficient (Wildman–Crippen LogP) is 3.58. The van der Waals surface area contributed by atoms with Gasteiger partial charge in [-0.3, -0.25) is 10.1 Å². The van der Waals surface area contributed by atoms with E-state index in [1.807, 2.05) is 0 Å². The smallest absolute Gasteiger partial charge is 0.295 e. The summed E-state index contributed by atoms with van der Waals surface area (Å²) in [6, 6.07) is 3.54. The zero-order valence-electron chi connectivity index (χ0n) is 10.3. The number of nitro groups is 1. The molecule has 0 aliphatic carbocycles. The molecule has 0 heterocycles. The van der Waals surface area contributed by atoms with Crippen molar-refractivity contribution in [3.8, 4) is 0 Å². The SMILES string of the molecule is CC(C)(C)CCNc1ccc(F)cc1[N+](=O)[O-]. The highest BCUT2D eigenvalue weighted by atomic mass is 19.1. The van der Waals surface area contributed by atoms with Gasteiger partial charge in [-0.2, -0.15) is 0 Å². The van der Waals surface area contributed by atoms with E-state index in [9.17, 15) is 14.5 Å². The highest BCUT2D eigenvalue weighted by Crippen LogP contribution is 2.26. The Labute approximate surface area is 100.0 Å². The molecule has 17 heavy (non-hydrogen) atoms. The van der Waals surface area contributed by atoms with Crippen molar-refractivity contribution in [1.29, 1.82) is 0 Å². The van der Waals surface area contributed by atoms with Crippen LogP contribution in [0.5, 0.6) is 0 Å². The summed E-state index contributed by atoms with van der Waals surface area (Å²) in [5, 5.41) is 13.7. The molecule has 0 saturated carbocycles. The van der Waals surface area contributed by atoms with Crippen molar-refractivity contribution < 1.29 is 9.31 Å².